The Hall–Kier alpha value is -1.35. The molecule has 0 atom stereocenters. The molecule has 2 N–H and O–H groups in total. The van der Waals surface area contributed by atoms with Crippen molar-refractivity contribution in [2.75, 3.05) is 7.05 Å². The number of carbonyl (C=O) groups excluding carboxylic acids is 1. The Morgan fingerprint density at radius 2 is 1.95 bits per heavy atom. The molecule has 0 radical (unpaired) electrons. The fourth-order valence-electron chi connectivity index (χ4n) is 2.11. The first-order chi connectivity index (χ1) is 9.17. The molecule has 106 valence electrons. The summed E-state index contributed by atoms with van der Waals surface area (Å²) >= 11 is 0. The van der Waals surface area contributed by atoms with Crippen LogP contribution in [0.4, 0.5) is 0 Å². The van der Waals surface area contributed by atoms with Crippen molar-refractivity contribution < 1.29 is 4.79 Å². The SMILES string of the molecule is CCCCCCC(=O)N(C)Cc1cccc(CN)c1. The summed E-state index contributed by atoms with van der Waals surface area (Å²) in [6.45, 7) is 3.39. The van der Waals surface area contributed by atoms with Crippen LogP contribution in [0, 0.1) is 0 Å². The van der Waals surface area contributed by atoms with E-state index in [2.05, 4.69) is 13.0 Å². The van der Waals surface area contributed by atoms with Gasteiger partial charge in [-0.3, -0.25) is 4.79 Å². The van der Waals surface area contributed by atoms with Gasteiger partial charge in [0.05, 0.1) is 0 Å². The van der Waals surface area contributed by atoms with Crippen LogP contribution in [-0.2, 0) is 17.9 Å². The Kier molecular flexibility index (Phi) is 7.19. The first kappa shape index (κ1) is 15.7. The lowest BCUT2D eigenvalue weighted by molar-refractivity contribution is -0.130. The van der Waals surface area contributed by atoms with Crippen LogP contribution in [0.25, 0.3) is 0 Å². The Morgan fingerprint density at radius 1 is 1.21 bits per heavy atom. The Balaban J connectivity index is 2.40. The van der Waals surface area contributed by atoms with Gasteiger partial charge in [0.1, 0.15) is 0 Å². The number of hydrogen-bond acceptors (Lipinski definition) is 2. The quantitative estimate of drug-likeness (QED) is 0.732. The Bertz CT molecular complexity index is 390. The Labute approximate surface area is 116 Å². The molecule has 0 spiro atoms. The number of nitrogens with two attached hydrogens (primary N) is 1. The Morgan fingerprint density at radius 3 is 2.63 bits per heavy atom. The predicted molar refractivity (Wildman–Crippen MR) is 79.6 cm³/mol. The van der Waals surface area contributed by atoms with Gasteiger partial charge in [0, 0.05) is 26.6 Å². The van der Waals surface area contributed by atoms with Gasteiger partial charge >= 0.3 is 0 Å². The minimum Gasteiger partial charge on any atom is -0.341 e. The van der Waals surface area contributed by atoms with E-state index in [0.717, 1.165) is 24.0 Å². The highest BCUT2D eigenvalue weighted by Gasteiger charge is 2.08. The van der Waals surface area contributed by atoms with E-state index in [1.165, 1.54) is 12.8 Å². The van der Waals surface area contributed by atoms with Gasteiger partial charge in [-0.25, -0.2) is 0 Å². The third-order valence-electron chi connectivity index (χ3n) is 3.32. The largest absolute Gasteiger partial charge is 0.341 e. The monoisotopic (exact) mass is 262 g/mol. The number of hydrogen-bond donors (Lipinski definition) is 1. The van der Waals surface area contributed by atoms with Crippen molar-refractivity contribution in [3.8, 4) is 0 Å². The van der Waals surface area contributed by atoms with Crippen LogP contribution in [0.15, 0.2) is 24.3 Å². The van der Waals surface area contributed by atoms with Crippen LogP contribution in [0.3, 0.4) is 0 Å². The summed E-state index contributed by atoms with van der Waals surface area (Å²) < 4.78 is 0. The lowest BCUT2D eigenvalue weighted by atomic mass is 10.1. The predicted octanol–water partition coefficient (Wildman–Crippen LogP) is 3.07. The van der Waals surface area contributed by atoms with Crippen molar-refractivity contribution in [3.05, 3.63) is 35.4 Å². The lowest BCUT2D eigenvalue weighted by Crippen LogP contribution is -2.25. The molecule has 0 aromatic heterocycles. The first-order valence-corrected chi connectivity index (χ1v) is 7.19. The zero-order valence-corrected chi connectivity index (χ0v) is 12.2. The van der Waals surface area contributed by atoms with Crippen LogP contribution < -0.4 is 5.73 Å². The molecule has 1 rings (SSSR count). The van der Waals surface area contributed by atoms with E-state index in [1.807, 2.05) is 30.1 Å². The topological polar surface area (TPSA) is 46.3 Å². The summed E-state index contributed by atoms with van der Waals surface area (Å²) in [5.74, 6) is 0.231. The number of carbonyl (C=O) groups is 1. The summed E-state index contributed by atoms with van der Waals surface area (Å²) in [5, 5.41) is 0. The maximum Gasteiger partial charge on any atom is 0.222 e. The van der Waals surface area contributed by atoms with Gasteiger partial charge in [-0.15, -0.1) is 0 Å². The van der Waals surface area contributed by atoms with Crippen molar-refractivity contribution >= 4 is 5.91 Å². The third-order valence-corrected chi connectivity index (χ3v) is 3.32. The summed E-state index contributed by atoms with van der Waals surface area (Å²) in [6.07, 6.45) is 5.23. The van der Waals surface area contributed by atoms with Crippen LogP contribution in [0.1, 0.15) is 50.2 Å². The molecule has 0 aliphatic rings. The summed E-state index contributed by atoms with van der Waals surface area (Å²) in [6, 6.07) is 8.12. The van der Waals surface area contributed by atoms with E-state index in [0.29, 0.717) is 19.5 Å². The van der Waals surface area contributed by atoms with E-state index in [-0.39, 0.29) is 5.91 Å². The van der Waals surface area contributed by atoms with Gasteiger partial charge in [-0.05, 0) is 17.5 Å². The maximum absolute atomic E-state index is 12.0. The van der Waals surface area contributed by atoms with Crippen molar-refractivity contribution in [1.29, 1.82) is 0 Å². The average molecular weight is 262 g/mol. The molecule has 1 aromatic carbocycles. The van der Waals surface area contributed by atoms with Crippen molar-refractivity contribution in [2.45, 2.75) is 52.1 Å². The molecule has 1 amide bonds. The molecule has 3 heteroatoms. The highest BCUT2D eigenvalue weighted by Crippen LogP contribution is 2.10. The number of nitrogens with zero attached hydrogens (tertiary/aromatic N) is 1. The number of unbranched alkanes of at least 4 members (excludes halogenated alkanes) is 3. The summed E-state index contributed by atoms with van der Waals surface area (Å²) in [7, 11) is 1.87. The molecule has 0 unspecified atom stereocenters. The zero-order valence-electron chi connectivity index (χ0n) is 12.2. The molecule has 0 aliphatic carbocycles. The molecule has 1 aromatic rings. The molecule has 0 fully saturated rings. The highest BCUT2D eigenvalue weighted by atomic mass is 16.2. The highest BCUT2D eigenvalue weighted by molar-refractivity contribution is 5.75. The standard InChI is InChI=1S/C16H26N2O/c1-3-4-5-6-10-16(19)18(2)13-15-9-7-8-14(11-15)12-17/h7-9,11H,3-6,10,12-13,17H2,1-2H3. The van der Waals surface area contributed by atoms with E-state index >= 15 is 0 Å². The average Bonchev–Trinajstić information content (AvgIpc) is 2.43. The van der Waals surface area contributed by atoms with Crippen LogP contribution in [-0.4, -0.2) is 17.9 Å². The van der Waals surface area contributed by atoms with E-state index in [9.17, 15) is 4.79 Å². The maximum atomic E-state index is 12.0. The van der Waals surface area contributed by atoms with Gasteiger partial charge in [0.25, 0.3) is 0 Å². The van der Waals surface area contributed by atoms with Gasteiger partial charge in [0.2, 0.25) is 5.91 Å². The minimum absolute atomic E-state index is 0.231. The molecule has 3 nitrogen and oxygen atoms in total. The van der Waals surface area contributed by atoms with E-state index in [1.54, 1.807) is 0 Å². The zero-order chi connectivity index (χ0) is 14.1. The van der Waals surface area contributed by atoms with Crippen molar-refractivity contribution in [3.63, 3.8) is 0 Å². The minimum atomic E-state index is 0.231. The van der Waals surface area contributed by atoms with Crippen LogP contribution >= 0.6 is 0 Å². The molecule has 0 saturated heterocycles. The molecule has 0 saturated carbocycles. The number of benzene rings is 1. The smallest absolute Gasteiger partial charge is 0.222 e. The van der Waals surface area contributed by atoms with Gasteiger partial charge < -0.3 is 10.6 Å². The molecule has 0 heterocycles. The molecular formula is C16H26N2O. The molecular weight excluding hydrogens is 236 g/mol. The van der Waals surface area contributed by atoms with Gasteiger partial charge in [-0.1, -0.05) is 50.5 Å². The molecule has 19 heavy (non-hydrogen) atoms. The fourth-order valence-corrected chi connectivity index (χ4v) is 2.11. The molecule has 0 aliphatic heterocycles. The number of rotatable bonds is 8. The van der Waals surface area contributed by atoms with Crippen molar-refractivity contribution in [2.24, 2.45) is 5.73 Å². The molecule has 0 bridgehead atoms. The van der Waals surface area contributed by atoms with Gasteiger partial charge in [-0.2, -0.15) is 0 Å². The summed E-state index contributed by atoms with van der Waals surface area (Å²) in [4.78, 5) is 13.8. The van der Waals surface area contributed by atoms with E-state index in [4.69, 9.17) is 5.73 Å². The normalized spacial score (nSPS) is 10.5. The second kappa shape index (κ2) is 8.70. The summed E-state index contributed by atoms with van der Waals surface area (Å²) in [5.41, 5.74) is 7.88. The van der Waals surface area contributed by atoms with Gasteiger partial charge in [0.15, 0.2) is 0 Å². The third kappa shape index (κ3) is 5.88. The fraction of sp³-hybridized carbons (Fsp3) is 0.562. The number of amides is 1. The van der Waals surface area contributed by atoms with Crippen molar-refractivity contribution in [1.82, 2.24) is 4.90 Å². The van der Waals surface area contributed by atoms with Crippen LogP contribution in [0.2, 0.25) is 0 Å². The second-order valence-electron chi connectivity index (χ2n) is 5.08. The second-order valence-corrected chi connectivity index (χ2v) is 5.08. The van der Waals surface area contributed by atoms with Crippen LogP contribution in [0.5, 0.6) is 0 Å². The first-order valence-electron chi connectivity index (χ1n) is 7.19. The lowest BCUT2D eigenvalue weighted by Gasteiger charge is -2.17. The van der Waals surface area contributed by atoms with E-state index < -0.39 is 0 Å².